The van der Waals surface area contributed by atoms with Crippen molar-refractivity contribution in [3.8, 4) is 5.75 Å². The van der Waals surface area contributed by atoms with Crippen molar-refractivity contribution in [1.82, 2.24) is 35.6 Å². The number of rotatable bonds is 5. The van der Waals surface area contributed by atoms with Gasteiger partial charge in [-0.1, -0.05) is 26.0 Å². The van der Waals surface area contributed by atoms with Crippen molar-refractivity contribution in [3.05, 3.63) is 53.3 Å². The molecule has 0 spiro atoms. The van der Waals surface area contributed by atoms with E-state index in [4.69, 9.17) is 4.74 Å². The van der Waals surface area contributed by atoms with Crippen molar-refractivity contribution in [1.29, 1.82) is 0 Å². The predicted octanol–water partition coefficient (Wildman–Crippen LogP) is 1.20. The van der Waals surface area contributed by atoms with Gasteiger partial charge < -0.3 is 36.0 Å². The molecule has 15 heteroatoms. The molecule has 0 unspecified atom stereocenters. The van der Waals surface area contributed by atoms with Gasteiger partial charge in [0.25, 0.3) is 5.91 Å². The predicted molar refractivity (Wildman–Crippen MR) is 184 cm³/mol. The molecule has 1 aliphatic rings. The molecular weight excluding hydrogens is 650 g/mol. The first-order valence-electron chi connectivity index (χ1n) is 16.7. The van der Waals surface area contributed by atoms with Crippen LogP contribution in [0.2, 0.25) is 0 Å². The Kier molecular flexibility index (Phi) is 13.9. The number of aliphatic hydroxyl groups is 1. The van der Waals surface area contributed by atoms with E-state index in [1.54, 1.807) is 29.2 Å². The molecule has 3 aromatic rings. The van der Waals surface area contributed by atoms with Crippen LogP contribution >= 0.6 is 11.3 Å². The van der Waals surface area contributed by atoms with E-state index >= 15 is 0 Å². The molecule has 266 valence electrons. The fourth-order valence-corrected chi connectivity index (χ4v) is 6.19. The molecule has 2 aromatic heterocycles. The molecular formula is C34H47N7O7S. The Balaban J connectivity index is 1.46. The number of amides is 5. The average molecular weight is 698 g/mol. The number of carbonyl (C=O) groups is 5. The van der Waals surface area contributed by atoms with Crippen molar-refractivity contribution in [3.63, 3.8) is 0 Å². The minimum atomic E-state index is -1.23. The van der Waals surface area contributed by atoms with Crippen LogP contribution in [0.3, 0.4) is 0 Å². The zero-order valence-electron chi connectivity index (χ0n) is 28.3. The molecule has 0 fully saturated rings. The van der Waals surface area contributed by atoms with E-state index in [-0.39, 0.29) is 43.7 Å². The zero-order chi connectivity index (χ0) is 35.3. The minimum absolute atomic E-state index is 0.0418. The third-order valence-corrected chi connectivity index (χ3v) is 8.73. The third-order valence-electron chi connectivity index (χ3n) is 7.96. The van der Waals surface area contributed by atoms with Crippen LogP contribution in [0.5, 0.6) is 5.75 Å². The largest absolute Gasteiger partial charge is 0.484 e. The second-order valence-corrected chi connectivity index (χ2v) is 13.5. The number of carbonyl (C=O) groups excluding carboxylic acids is 5. The van der Waals surface area contributed by atoms with Crippen molar-refractivity contribution in [2.45, 2.75) is 77.5 Å². The molecule has 5 N–H and O–H groups in total. The second-order valence-electron chi connectivity index (χ2n) is 12.7. The van der Waals surface area contributed by atoms with Gasteiger partial charge in [0.1, 0.15) is 17.8 Å². The SMILES string of the molecule is CC(C)C[C@H]1NC(=O)Cc2cccc(c2)OCC(=O)NCCCN(C(=O)Cc2cn3ccsc3n2)CCCCNC(=O)[C@H]([C@@H](C)O)NC1=O. The van der Waals surface area contributed by atoms with Crippen LogP contribution < -0.4 is 26.0 Å². The number of aromatic nitrogens is 2. The molecule has 0 aliphatic carbocycles. The van der Waals surface area contributed by atoms with E-state index in [1.165, 1.54) is 18.3 Å². The molecule has 3 atom stereocenters. The molecule has 14 nitrogen and oxygen atoms in total. The Morgan fingerprint density at radius 1 is 1.02 bits per heavy atom. The van der Waals surface area contributed by atoms with Gasteiger partial charge in [-0.3, -0.25) is 28.4 Å². The summed E-state index contributed by atoms with van der Waals surface area (Å²) < 4.78 is 7.55. The number of benzene rings is 1. The molecule has 1 aromatic carbocycles. The second kappa shape index (κ2) is 18.3. The Labute approximate surface area is 290 Å². The molecule has 1 aliphatic heterocycles. The maximum absolute atomic E-state index is 13.3. The van der Waals surface area contributed by atoms with Crippen LogP contribution in [-0.2, 0) is 36.8 Å². The monoisotopic (exact) mass is 697 g/mol. The smallest absolute Gasteiger partial charge is 0.257 e. The van der Waals surface area contributed by atoms with Gasteiger partial charge in [0.2, 0.25) is 23.6 Å². The molecule has 5 amide bonds. The summed E-state index contributed by atoms with van der Waals surface area (Å²) in [5.41, 5.74) is 1.29. The summed E-state index contributed by atoms with van der Waals surface area (Å²) in [5.74, 6) is -1.48. The minimum Gasteiger partial charge on any atom is -0.484 e. The topological polar surface area (TPSA) is 183 Å². The highest BCUT2D eigenvalue weighted by Gasteiger charge is 2.30. The highest BCUT2D eigenvalue weighted by Crippen LogP contribution is 2.15. The maximum atomic E-state index is 13.3. The number of thiazole rings is 1. The van der Waals surface area contributed by atoms with Gasteiger partial charge in [-0.2, -0.15) is 0 Å². The van der Waals surface area contributed by atoms with Gasteiger partial charge in [0, 0.05) is 44.0 Å². The summed E-state index contributed by atoms with van der Waals surface area (Å²) in [6.07, 6.45) is 4.59. The van der Waals surface area contributed by atoms with Crippen LogP contribution in [-0.4, -0.2) is 99.9 Å². The Hall–Kier alpha value is -4.50. The summed E-state index contributed by atoms with van der Waals surface area (Å²) in [6.45, 7) is 6.46. The van der Waals surface area contributed by atoms with Gasteiger partial charge in [-0.15, -0.1) is 11.3 Å². The van der Waals surface area contributed by atoms with Gasteiger partial charge in [-0.25, -0.2) is 4.98 Å². The normalized spacial score (nSPS) is 20.4. The molecule has 4 rings (SSSR count). The summed E-state index contributed by atoms with van der Waals surface area (Å²) >= 11 is 1.49. The van der Waals surface area contributed by atoms with Crippen molar-refractivity contribution < 1.29 is 33.8 Å². The van der Waals surface area contributed by atoms with E-state index in [2.05, 4.69) is 26.3 Å². The van der Waals surface area contributed by atoms with Crippen LogP contribution in [0.15, 0.2) is 42.0 Å². The Bertz CT molecular complexity index is 1560. The van der Waals surface area contributed by atoms with Crippen LogP contribution in [0.25, 0.3) is 4.96 Å². The summed E-state index contributed by atoms with van der Waals surface area (Å²) in [4.78, 5) is 72.3. The van der Waals surface area contributed by atoms with E-state index in [1.807, 2.05) is 36.0 Å². The lowest BCUT2D eigenvalue weighted by Crippen LogP contribution is -2.57. The van der Waals surface area contributed by atoms with Gasteiger partial charge in [0.05, 0.1) is 24.6 Å². The van der Waals surface area contributed by atoms with E-state index in [9.17, 15) is 29.1 Å². The number of aliphatic hydroxyl groups excluding tert-OH is 1. The number of hydrogen-bond donors (Lipinski definition) is 5. The first-order chi connectivity index (χ1) is 23.5. The van der Waals surface area contributed by atoms with Crippen molar-refractivity contribution >= 4 is 45.8 Å². The number of hydrogen-bond acceptors (Lipinski definition) is 9. The molecule has 2 bridgehead atoms. The number of imidazole rings is 1. The third kappa shape index (κ3) is 11.9. The molecule has 0 radical (unpaired) electrons. The van der Waals surface area contributed by atoms with E-state index in [0.29, 0.717) is 62.3 Å². The van der Waals surface area contributed by atoms with Crippen LogP contribution in [0.1, 0.15) is 57.7 Å². The standard InChI is InChI=1S/C34H47N7O7S/c1-22(2)16-27-32(46)39-31(23(3)42)33(47)36-10-4-5-12-40(30(45)19-25-20-41-14-15-49-34(41)37-25)13-7-11-35-29(44)21-48-26-9-6-8-24(17-26)18-28(43)38-27/h6,8-9,14-15,17,20,22-23,27,31,42H,4-5,7,10-13,16,18-19,21H2,1-3H3,(H,35,44)(H,36,47)(H,38,43)(H,39,46)/t23-,27-,31+/m1/s1. The fraction of sp³-hybridized carbons (Fsp3) is 0.529. The van der Waals surface area contributed by atoms with Crippen LogP contribution in [0, 0.1) is 5.92 Å². The summed E-state index contributed by atoms with van der Waals surface area (Å²) in [7, 11) is 0. The lowest BCUT2D eigenvalue weighted by molar-refractivity contribution is -0.134. The first kappa shape index (κ1) is 37.3. The number of fused-ring (bicyclic) bond motifs is 3. The van der Waals surface area contributed by atoms with Gasteiger partial charge in [-0.05, 0) is 56.2 Å². The van der Waals surface area contributed by atoms with Crippen molar-refractivity contribution in [2.24, 2.45) is 5.92 Å². The molecule has 0 saturated carbocycles. The Morgan fingerprint density at radius 2 is 1.80 bits per heavy atom. The number of ether oxygens (including phenoxy) is 1. The number of nitrogens with one attached hydrogen (secondary N) is 4. The van der Waals surface area contributed by atoms with Gasteiger partial charge >= 0.3 is 0 Å². The fourth-order valence-electron chi connectivity index (χ4n) is 5.47. The quantitative estimate of drug-likeness (QED) is 0.264. The maximum Gasteiger partial charge on any atom is 0.257 e. The lowest BCUT2D eigenvalue weighted by atomic mass is 10.0. The highest BCUT2D eigenvalue weighted by atomic mass is 32.1. The molecule has 3 heterocycles. The van der Waals surface area contributed by atoms with Crippen LogP contribution in [0.4, 0.5) is 0 Å². The first-order valence-corrected chi connectivity index (χ1v) is 17.6. The zero-order valence-corrected chi connectivity index (χ0v) is 29.1. The average Bonchev–Trinajstić information content (AvgIpc) is 3.64. The van der Waals surface area contributed by atoms with Gasteiger partial charge in [0.15, 0.2) is 11.6 Å². The lowest BCUT2D eigenvalue weighted by Gasteiger charge is -2.26. The summed E-state index contributed by atoms with van der Waals surface area (Å²) in [6, 6.07) is 4.63. The highest BCUT2D eigenvalue weighted by molar-refractivity contribution is 7.15. The van der Waals surface area contributed by atoms with E-state index < -0.39 is 35.9 Å². The van der Waals surface area contributed by atoms with E-state index in [0.717, 1.165) is 4.96 Å². The molecule has 0 saturated heterocycles. The summed E-state index contributed by atoms with van der Waals surface area (Å²) in [5, 5.41) is 23.3. The molecule has 49 heavy (non-hydrogen) atoms. The Morgan fingerprint density at radius 3 is 2.55 bits per heavy atom. The number of nitrogens with zero attached hydrogens (tertiary/aromatic N) is 3. The van der Waals surface area contributed by atoms with Crippen molar-refractivity contribution in [2.75, 3.05) is 32.8 Å².